The third kappa shape index (κ3) is 1.52. The number of Topliss-reactive ketones (excluding diaryl/α,β-unsaturated/α-hetero) is 1. The molecular formula is C10H11Cl3O. The monoisotopic (exact) mass is 252 g/mol. The summed E-state index contributed by atoms with van der Waals surface area (Å²) in [5.74, 6) is -0.310. The smallest absolute Gasteiger partial charge is 0.197 e. The van der Waals surface area contributed by atoms with Crippen molar-refractivity contribution in [1.82, 2.24) is 0 Å². The Balaban J connectivity index is 3.15. The number of allylic oxidation sites excluding steroid dienone is 3. The molecule has 0 aromatic carbocycles. The number of carbonyl (C=O) groups is 1. The summed E-state index contributed by atoms with van der Waals surface area (Å²) in [6.45, 7) is 7.34. The molecule has 0 radical (unpaired) electrons. The fourth-order valence-electron chi connectivity index (χ4n) is 1.35. The Morgan fingerprint density at radius 2 is 2.00 bits per heavy atom. The fourth-order valence-corrected chi connectivity index (χ4v) is 2.29. The van der Waals surface area contributed by atoms with E-state index >= 15 is 0 Å². The van der Waals surface area contributed by atoms with Gasteiger partial charge in [-0.05, 0) is 0 Å². The molecule has 0 bridgehead atoms. The van der Waals surface area contributed by atoms with Crippen molar-refractivity contribution in [3.05, 3.63) is 22.7 Å². The lowest BCUT2D eigenvalue weighted by molar-refractivity contribution is -0.118. The molecule has 1 aliphatic rings. The van der Waals surface area contributed by atoms with E-state index in [1.807, 2.05) is 13.8 Å². The van der Waals surface area contributed by atoms with Crippen LogP contribution in [0.3, 0.4) is 0 Å². The highest BCUT2D eigenvalue weighted by molar-refractivity contribution is 6.56. The van der Waals surface area contributed by atoms with Gasteiger partial charge in [0, 0.05) is 16.9 Å². The summed E-state index contributed by atoms with van der Waals surface area (Å²) in [5, 5.41) is 0.387. The van der Waals surface area contributed by atoms with E-state index in [1.165, 1.54) is 0 Å². The lowest BCUT2D eigenvalue weighted by atomic mass is 9.76. The van der Waals surface area contributed by atoms with Gasteiger partial charge in [-0.2, -0.15) is 0 Å². The molecule has 0 saturated heterocycles. The first-order chi connectivity index (χ1) is 6.26. The van der Waals surface area contributed by atoms with E-state index in [0.29, 0.717) is 5.03 Å². The zero-order valence-electron chi connectivity index (χ0n) is 8.03. The second kappa shape index (κ2) is 3.55. The second-order valence-electron chi connectivity index (χ2n) is 3.95. The minimum Gasteiger partial charge on any atom is -0.291 e. The van der Waals surface area contributed by atoms with Gasteiger partial charge < -0.3 is 0 Å². The van der Waals surface area contributed by atoms with Crippen molar-refractivity contribution < 1.29 is 4.79 Å². The van der Waals surface area contributed by atoms with Crippen molar-refractivity contribution in [1.29, 1.82) is 0 Å². The van der Waals surface area contributed by atoms with E-state index in [0.717, 1.165) is 0 Å². The predicted octanol–water partition coefficient (Wildman–Crippen LogP) is 3.84. The molecule has 0 aliphatic heterocycles. The predicted molar refractivity (Wildman–Crippen MR) is 60.9 cm³/mol. The molecule has 1 rings (SSSR count). The molecule has 0 amide bonds. The second-order valence-corrected chi connectivity index (χ2v) is 5.43. The maximum Gasteiger partial charge on any atom is 0.197 e. The van der Waals surface area contributed by atoms with Crippen LogP contribution >= 0.6 is 34.8 Å². The Hall–Kier alpha value is 0.0200. The molecule has 0 spiro atoms. The highest BCUT2D eigenvalue weighted by atomic mass is 35.5. The van der Waals surface area contributed by atoms with Crippen LogP contribution in [-0.2, 0) is 4.79 Å². The zero-order valence-corrected chi connectivity index (χ0v) is 10.3. The van der Waals surface area contributed by atoms with Gasteiger partial charge in [0.05, 0.1) is 0 Å². The number of halogens is 3. The topological polar surface area (TPSA) is 17.1 Å². The number of hydrogen-bond acceptors (Lipinski definition) is 1. The summed E-state index contributed by atoms with van der Waals surface area (Å²) in [6, 6.07) is 0. The highest BCUT2D eigenvalue weighted by Gasteiger charge is 2.53. The van der Waals surface area contributed by atoms with Crippen LogP contribution in [0.15, 0.2) is 22.7 Å². The summed E-state index contributed by atoms with van der Waals surface area (Å²) in [4.78, 5) is 10.7. The van der Waals surface area contributed by atoms with Gasteiger partial charge in [-0.25, -0.2) is 0 Å². The largest absolute Gasteiger partial charge is 0.291 e. The molecule has 0 aromatic heterocycles. The molecule has 1 aliphatic carbocycles. The summed E-state index contributed by atoms with van der Waals surface area (Å²) in [5.41, 5.74) is -0.539. The first-order valence-electron chi connectivity index (χ1n) is 4.18. The fraction of sp³-hybridized carbons (Fsp3) is 0.500. The van der Waals surface area contributed by atoms with E-state index in [-0.39, 0.29) is 17.2 Å². The van der Waals surface area contributed by atoms with E-state index in [1.54, 1.807) is 6.08 Å². The van der Waals surface area contributed by atoms with E-state index in [9.17, 15) is 4.79 Å². The van der Waals surface area contributed by atoms with Gasteiger partial charge in [0.2, 0.25) is 0 Å². The van der Waals surface area contributed by atoms with Crippen molar-refractivity contribution >= 4 is 40.6 Å². The number of carbonyl (C=O) groups excluding carboxylic acids is 1. The van der Waals surface area contributed by atoms with E-state index in [2.05, 4.69) is 6.58 Å². The molecule has 0 aromatic rings. The van der Waals surface area contributed by atoms with Crippen LogP contribution in [0.5, 0.6) is 0 Å². The van der Waals surface area contributed by atoms with E-state index in [4.69, 9.17) is 34.8 Å². The van der Waals surface area contributed by atoms with Crippen molar-refractivity contribution in [2.24, 2.45) is 5.41 Å². The molecule has 0 N–H and O–H groups in total. The summed E-state index contributed by atoms with van der Waals surface area (Å²) >= 11 is 17.8. The molecule has 0 fully saturated rings. The van der Waals surface area contributed by atoms with Crippen molar-refractivity contribution in [2.75, 3.05) is 0 Å². The zero-order chi connectivity index (χ0) is 11.1. The van der Waals surface area contributed by atoms with Gasteiger partial charge in [0.1, 0.15) is 9.91 Å². The summed E-state index contributed by atoms with van der Waals surface area (Å²) in [7, 11) is 0. The number of rotatable bonds is 2. The Morgan fingerprint density at radius 3 is 2.29 bits per heavy atom. The molecular weight excluding hydrogens is 242 g/mol. The van der Waals surface area contributed by atoms with Crippen molar-refractivity contribution in [3.63, 3.8) is 0 Å². The summed E-state index contributed by atoms with van der Waals surface area (Å²) < 4.78 is 0. The maximum absolute atomic E-state index is 11.8. The number of alkyl halides is 1. The molecule has 4 heteroatoms. The average Bonchev–Trinajstić information content (AvgIpc) is 2.32. The Morgan fingerprint density at radius 1 is 1.50 bits per heavy atom. The minimum absolute atomic E-state index is 0.0524. The Kier molecular flexibility index (Phi) is 3.07. The van der Waals surface area contributed by atoms with Gasteiger partial charge in [-0.15, -0.1) is 18.2 Å². The van der Waals surface area contributed by atoms with Gasteiger partial charge in [-0.3, -0.25) is 4.79 Å². The Labute approximate surface area is 98.7 Å². The van der Waals surface area contributed by atoms with Gasteiger partial charge >= 0.3 is 0 Å². The first kappa shape index (κ1) is 12.1. The molecule has 1 nitrogen and oxygen atoms in total. The van der Waals surface area contributed by atoms with Crippen LogP contribution in [0.2, 0.25) is 0 Å². The van der Waals surface area contributed by atoms with Crippen LogP contribution in [-0.4, -0.2) is 10.7 Å². The van der Waals surface area contributed by atoms with Gasteiger partial charge in [0.25, 0.3) is 0 Å². The van der Waals surface area contributed by atoms with Crippen molar-refractivity contribution in [2.45, 2.75) is 25.1 Å². The van der Waals surface area contributed by atoms with Crippen molar-refractivity contribution in [3.8, 4) is 0 Å². The molecule has 1 atom stereocenters. The number of hydrogen-bond donors (Lipinski definition) is 0. The van der Waals surface area contributed by atoms with Crippen LogP contribution in [0.1, 0.15) is 20.3 Å². The SMILES string of the molecule is C=CC(C)(C)C1(Cl)CC(Cl)=C(Cl)C1=O. The standard InChI is InChI=1S/C10H11Cl3O/c1-4-9(2,3)10(13)5-6(11)7(12)8(10)14/h4H,1,5H2,2-3H3. The lowest BCUT2D eigenvalue weighted by Crippen LogP contribution is -2.42. The average molecular weight is 254 g/mol. The molecule has 0 heterocycles. The van der Waals surface area contributed by atoms with Gasteiger partial charge in [-0.1, -0.05) is 43.1 Å². The van der Waals surface area contributed by atoms with Crippen LogP contribution in [0.25, 0.3) is 0 Å². The first-order valence-corrected chi connectivity index (χ1v) is 5.31. The molecule has 1 unspecified atom stereocenters. The van der Waals surface area contributed by atoms with E-state index < -0.39 is 10.3 Å². The number of ketones is 1. The minimum atomic E-state index is -1.08. The van der Waals surface area contributed by atoms with Crippen LogP contribution in [0, 0.1) is 5.41 Å². The lowest BCUT2D eigenvalue weighted by Gasteiger charge is -2.35. The molecule has 14 heavy (non-hydrogen) atoms. The molecule has 0 saturated carbocycles. The van der Waals surface area contributed by atoms with Crippen LogP contribution < -0.4 is 0 Å². The summed E-state index contributed by atoms with van der Waals surface area (Å²) in [6.07, 6.45) is 1.92. The molecule has 78 valence electrons. The highest BCUT2D eigenvalue weighted by Crippen LogP contribution is 2.51. The Bertz CT molecular complexity index is 330. The normalized spacial score (nSPS) is 28.5. The third-order valence-electron chi connectivity index (χ3n) is 2.73. The quantitative estimate of drug-likeness (QED) is 0.540. The maximum atomic E-state index is 11.8. The third-order valence-corrected chi connectivity index (χ3v) is 4.34. The van der Waals surface area contributed by atoms with Crippen LogP contribution in [0.4, 0.5) is 0 Å². The van der Waals surface area contributed by atoms with Gasteiger partial charge in [0.15, 0.2) is 5.78 Å².